The van der Waals surface area contributed by atoms with Crippen LogP contribution in [-0.4, -0.2) is 15.7 Å². The zero-order valence-electron chi connectivity index (χ0n) is 18.7. The minimum atomic E-state index is -0.156. The van der Waals surface area contributed by atoms with Gasteiger partial charge in [-0.3, -0.25) is 4.79 Å². The average molecular weight is 422 g/mol. The molecule has 0 fully saturated rings. The zero-order valence-corrected chi connectivity index (χ0v) is 18.7. The molecule has 1 aromatic heterocycles. The first kappa shape index (κ1) is 21.3. The number of carbonyl (C=O) groups is 1. The Balaban J connectivity index is 1.66. The summed E-state index contributed by atoms with van der Waals surface area (Å²) in [5, 5.41) is 7.87. The van der Waals surface area contributed by atoms with Crippen molar-refractivity contribution in [2.75, 3.05) is 5.32 Å². The fraction of sp³-hybridized carbons (Fsp3) is 0.143. The summed E-state index contributed by atoms with van der Waals surface area (Å²) in [5.74, 6) is -0.156. The Labute approximate surface area is 189 Å². The van der Waals surface area contributed by atoms with Gasteiger partial charge < -0.3 is 5.32 Å². The monoisotopic (exact) mass is 421 g/mol. The lowest BCUT2D eigenvalue weighted by atomic mass is 10.1. The molecule has 4 heteroatoms. The summed E-state index contributed by atoms with van der Waals surface area (Å²) in [4.78, 5) is 12.8. The molecule has 3 aromatic carbocycles. The lowest BCUT2D eigenvalue weighted by Gasteiger charge is -2.11. The van der Waals surface area contributed by atoms with E-state index in [1.807, 2.05) is 72.4 Å². The average Bonchev–Trinajstić information content (AvgIpc) is 3.24. The zero-order chi connectivity index (χ0) is 22.5. The predicted molar refractivity (Wildman–Crippen MR) is 132 cm³/mol. The Morgan fingerprint density at radius 3 is 2.44 bits per heavy atom. The van der Waals surface area contributed by atoms with E-state index in [9.17, 15) is 4.79 Å². The maximum atomic E-state index is 12.8. The number of aryl methyl sites for hydroxylation is 3. The maximum absolute atomic E-state index is 12.8. The van der Waals surface area contributed by atoms with Gasteiger partial charge in [-0.1, -0.05) is 73.2 Å². The molecule has 0 radical (unpaired) electrons. The van der Waals surface area contributed by atoms with Crippen molar-refractivity contribution in [1.29, 1.82) is 0 Å². The van der Waals surface area contributed by atoms with Gasteiger partial charge >= 0.3 is 0 Å². The van der Waals surface area contributed by atoms with Gasteiger partial charge in [0.2, 0.25) is 5.91 Å². The van der Waals surface area contributed by atoms with E-state index in [1.165, 1.54) is 5.56 Å². The van der Waals surface area contributed by atoms with Crippen LogP contribution >= 0.6 is 0 Å². The number of aromatic nitrogens is 2. The minimum Gasteiger partial charge on any atom is -0.322 e. The molecule has 0 bridgehead atoms. The van der Waals surface area contributed by atoms with Crippen molar-refractivity contribution in [2.24, 2.45) is 0 Å². The number of nitrogens with zero attached hydrogens (tertiary/aromatic N) is 2. The molecule has 1 heterocycles. The Morgan fingerprint density at radius 2 is 1.72 bits per heavy atom. The van der Waals surface area contributed by atoms with Crippen LogP contribution in [0, 0.1) is 13.8 Å². The van der Waals surface area contributed by atoms with Crippen LogP contribution in [0.4, 0.5) is 5.69 Å². The number of anilines is 1. The highest BCUT2D eigenvalue weighted by Gasteiger charge is 2.12. The number of para-hydroxylation sites is 2. The molecule has 160 valence electrons. The molecule has 1 amide bonds. The lowest BCUT2D eigenvalue weighted by molar-refractivity contribution is -0.111. The van der Waals surface area contributed by atoms with E-state index in [0.717, 1.165) is 45.7 Å². The molecule has 1 N–H and O–H groups in total. The maximum Gasteiger partial charge on any atom is 0.248 e. The molecule has 0 saturated heterocycles. The summed E-state index contributed by atoms with van der Waals surface area (Å²) in [7, 11) is 0. The lowest BCUT2D eigenvalue weighted by Crippen LogP contribution is -2.11. The first-order valence-corrected chi connectivity index (χ1v) is 10.8. The Morgan fingerprint density at radius 1 is 0.969 bits per heavy atom. The fourth-order valence-electron chi connectivity index (χ4n) is 3.69. The fourth-order valence-corrected chi connectivity index (χ4v) is 3.69. The molecule has 4 aromatic rings. The van der Waals surface area contributed by atoms with Gasteiger partial charge in [-0.25, -0.2) is 4.68 Å². The standard InChI is InChI=1S/C28H27N3O/c1-4-22-10-8-9-21(3)27(22)29-26(32)18-17-24-19-31(25-11-6-5-7-12-25)30-28(24)23-15-13-20(2)14-16-23/h5-19H,4H2,1-3H3,(H,29,32)/b18-17+. The summed E-state index contributed by atoms with van der Waals surface area (Å²) >= 11 is 0. The van der Waals surface area contributed by atoms with Crippen LogP contribution in [0.25, 0.3) is 23.0 Å². The van der Waals surface area contributed by atoms with Crippen LogP contribution < -0.4 is 5.32 Å². The predicted octanol–water partition coefficient (Wildman–Crippen LogP) is 6.37. The highest BCUT2D eigenvalue weighted by atomic mass is 16.1. The minimum absolute atomic E-state index is 0.156. The van der Waals surface area contributed by atoms with Gasteiger partial charge in [0.1, 0.15) is 0 Å². The second-order valence-corrected chi connectivity index (χ2v) is 7.86. The molecule has 0 atom stereocenters. The summed E-state index contributed by atoms with van der Waals surface area (Å²) in [5.41, 5.74) is 7.97. The van der Waals surface area contributed by atoms with Crippen molar-refractivity contribution in [3.05, 3.63) is 107 Å². The molecule has 32 heavy (non-hydrogen) atoms. The van der Waals surface area contributed by atoms with E-state index in [1.54, 1.807) is 6.08 Å². The molecule has 0 aliphatic rings. The Kier molecular flexibility index (Phi) is 6.31. The van der Waals surface area contributed by atoms with Crippen LogP contribution in [0.5, 0.6) is 0 Å². The second kappa shape index (κ2) is 9.48. The van der Waals surface area contributed by atoms with Crippen molar-refractivity contribution in [3.8, 4) is 16.9 Å². The molecule has 4 nitrogen and oxygen atoms in total. The SMILES string of the molecule is CCc1cccc(C)c1NC(=O)/C=C/c1cn(-c2ccccc2)nc1-c1ccc(C)cc1. The summed E-state index contributed by atoms with van der Waals surface area (Å²) < 4.78 is 1.85. The molecule has 0 saturated carbocycles. The topological polar surface area (TPSA) is 46.9 Å². The van der Waals surface area contributed by atoms with Gasteiger partial charge in [0.25, 0.3) is 0 Å². The van der Waals surface area contributed by atoms with Gasteiger partial charge in [0.15, 0.2) is 0 Å². The van der Waals surface area contributed by atoms with E-state index in [-0.39, 0.29) is 5.91 Å². The van der Waals surface area contributed by atoms with E-state index in [0.29, 0.717) is 0 Å². The summed E-state index contributed by atoms with van der Waals surface area (Å²) in [6, 6.07) is 24.3. The second-order valence-electron chi connectivity index (χ2n) is 7.86. The quantitative estimate of drug-likeness (QED) is 0.368. The van der Waals surface area contributed by atoms with Crippen LogP contribution in [0.15, 0.2) is 85.1 Å². The number of hydrogen-bond acceptors (Lipinski definition) is 2. The van der Waals surface area contributed by atoms with Crippen molar-refractivity contribution in [2.45, 2.75) is 27.2 Å². The highest BCUT2D eigenvalue weighted by Crippen LogP contribution is 2.26. The molecular weight excluding hydrogens is 394 g/mol. The molecule has 4 rings (SSSR count). The number of carbonyl (C=O) groups excluding carboxylic acids is 1. The third-order valence-corrected chi connectivity index (χ3v) is 5.49. The van der Waals surface area contributed by atoms with Gasteiger partial charge in [-0.05, 0) is 49.6 Å². The van der Waals surface area contributed by atoms with E-state index >= 15 is 0 Å². The van der Waals surface area contributed by atoms with Crippen LogP contribution in [0.2, 0.25) is 0 Å². The van der Waals surface area contributed by atoms with Gasteiger partial charge in [-0.15, -0.1) is 0 Å². The molecule has 0 unspecified atom stereocenters. The van der Waals surface area contributed by atoms with E-state index in [4.69, 9.17) is 5.10 Å². The Hall–Kier alpha value is -3.92. The molecule has 0 aliphatic heterocycles. The molecule has 0 aliphatic carbocycles. The van der Waals surface area contributed by atoms with Crippen LogP contribution in [0.1, 0.15) is 29.2 Å². The number of benzene rings is 3. The first-order chi connectivity index (χ1) is 15.5. The number of amides is 1. The molecular formula is C28H27N3O. The number of hydrogen-bond donors (Lipinski definition) is 1. The largest absolute Gasteiger partial charge is 0.322 e. The van der Waals surface area contributed by atoms with Gasteiger partial charge in [0, 0.05) is 29.1 Å². The number of nitrogens with one attached hydrogen (secondary N) is 1. The summed E-state index contributed by atoms with van der Waals surface area (Å²) in [6.45, 7) is 6.16. The third-order valence-electron chi connectivity index (χ3n) is 5.49. The van der Waals surface area contributed by atoms with Crippen LogP contribution in [-0.2, 0) is 11.2 Å². The van der Waals surface area contributed by atoms with Gasteiger partial charge in [0.05, 0.1) is 11.4 Å². The normalized spacial score (nSPS) is 11.1. The molecule has 0 spiro atoms. The van der Waals surface area contributed by atoms with E-state index < -0.39 is 0 Å². The van der Waals surface area contributed by atoms with Gasteiger partial charge in [-0.2, -0.15) is 5.10 Å². The van der Waals surface area contributed by atoms with Crippen molar-refractivity contribution < 1.29 is 4.79 Å². The Bertz CT molecular complexity index is 1250. The van der Waals surface area contributed by atoms with E-state index in [2.05, 4.69) is 43.4 Å². The number of rotatable bonds is 6. The van der Waals surface area contributed by atoms with Crippen molar-refractivity contribution in [1.82, 2.24) is 9.78 Å². The first-order valence-electron chi connectivity index (χ1n) is 10.8. The van der Waals surface area contributed by atoms with Crippen molar-refractivity contribution >= 4 is 17.7 Å². The highest BCUT2D eigenvalue weighted by molar-refractivity contribution is 6.03. The van der Waals surface area contributed by atoms with Crippen molar-refractivity contribution in [3.63, 3.8) is 0 Å². The van der Waals surface area contributed by atoms with Crippen LogP contribution in [0.3, 0.4) is 0 Å². The smallest absolute Gasteiger partial charge is 0.248 e. The summed E-state index contributed by atoms with van der Waals surface area (Å²) in [6.07, 6.45) is 6.23. The third kappa shape index (κ3) is 4.70.